The lowest BCUT2D eigenvalue weighted by Crippen LogP contribution is -2.33. The number of para-hydroxylation sites is 1. The maximum atomic E-state index is 9.76. The molecule has 0 amide bonds. The Labute approximate surface area is 125 Å². The summed E-state index contributed by atoms with van der Waals surface area (Å²) >= 11 is 5.95. The van der Waals surface area contributed by atoms with Gasteiger partial charge in [-0.3, -0.25) is 0 Å². The highest BCUT2D eigenvalue weighted by molar-refractivity contribution is 6.32. The SMILES string of the molecule is C=C(C)COCCNCC(O)COc1ccccc1Cl. The molecule has 0 radical (unpaired) electrons. The van der Waals surface area contributed by atoms with Crippen molar-refractivity contribution in [3.63, 3.8) is 0 Å². The molecule has 0 saturated carbocycles. The van der Waals surface area contributed by atoms with Gasteiger partial charge >= 0.3 is 0 Å². The molecular weight excluding hydrogens is 278 g/mol. The molecule has 0 aliphatic heterocycles. The first-order chi connectivity index (χ1) is 9.59. The molecule has 4 nitrogen and oxygen atoms in total. The molecule has 1 atom stereocenters. The number of benzene rings is 1. The van der Waals surface area contributed by atoms with Gasteiger partial charge in [0, 0.05) is 13.1 Å². The van der Waals surface area contributed by atoms with Crippen molar-refractivity contribution in [1.82, 2.24) is 5.32 Å². The van der Waals surface area contributed by atoms with E-state index in [-0.39, 0.29) is 6.61 Å². The summed E-state index contributed by atoms with van der Waals surface area (Å²) in [5.41, 5.74) is 0.998. The van der Waals surface area contributed by atoms with Gasteiger partial charge in [-0.15, -0.1) is 0 Å². The third-order valence-electron chi connectivity index (χ3n) is 2.42. The summed E-state index contributed by atoms with van der Waals surface area (Å²) in [7, 11) is 0. The van der Waals surface area contributed by atoms with Gasteiger partial charge in [-0.05, 0) is 19.1 Å². The van der Waals surface area contributed by atoms with E-state index in [9.17, 15) is 5.11 Å². The van der Waals surface area contributed by atoms with Crippen LogP contribution in [0.3, 0.4) is 0 Å². The number of hydrogen-bond donors (Lipinski definition) is 2. The summed E-state index contributed by atoms with van der Waals surface area (Å²) in [6.45, 7) is 8.15. The molecule has 112 valence electrons. The van der Waals surface area contributed by atoms with Crippen molar-refractivity contribution in [2.24, 2.45) is 0 Å². The largest absolute Gasteiger partial charge is 0.489 e. The standard InChI is InChI=1S/C15H22ClNO3/c1-12(2)10-19-8-7-17-9-13(18)11-20-15-6-4-3-5-14(15)16/h3-6,13,17-18H,1,7-11H2,2H3. The molecular formula is C15H22ClNO3. The molecule has 0 fully saturated rings. The minimum absolute atomic E-state index is 0.198. The van der Waals surface area contributed by atoms with Crippen molar-refractivity contribution >= 4 is 11.6 Å². The number of aliphatic hydroxyl groups excluding tert-OH is 1. The maximum absolute atomic E-state index is 9.76. The molecule has 1 unspecified atom stereocenters. The predicted molar refractivity (Wildman–Crippen MR) is 81.5 cm³/mol. The minimum Gasteiger partial charge on any atom is -0.489 e. The molecule has 2 N–H and O–H groups in total. The monoisotopic (exact) mass is 299 g/mol. The number of ether oxygens (including phenoxy) is 2. The highest BCUT2D eigenvalue weighted by atomic mass is 35.5. The van der Waals surface area contributed by atoms with Gasteiger partial charge in [0.2, 0.25) is 0 Å². The zero-order chi connectivity index (χ0) is 14.8. The van der Waals surface area contributed by atoms with Gasteiger partial charge in [0.1, 0.15) is 18.5 Å². The van der Waals surface area contributed by atoms with Crippen LogP contribution in [0.15, 0.2) is 36.4 Å². The van der Waals surface area contributed by atoms with E-state index in [1.165, 1.54) is 0 Å². The number of aliphatic hydroxyl groups is 1. The van der Waals surface area contributed by atoms with E-state index in [4.69, 9.17) is 21.1 Å². The van der Waals surface area contributed by atoms with Crippen molar-refractivity contribution < 1.29 is 14.6 Å². The van der Waals surface area contributed by atoms with E-state index < -0.39 is 6.10 Å². The molecule has 0 bridgehead atoms. The van der Waals surface area contributed by atoms with E-state index in [1.807, 2.05) is 19.1 Å². The van der Waals surface area contributed by atoms with Gasteiger partial charge < -0.3 is 19.9 Å². The third kappa shape index (κ3) is 7.50. The fourth-order valence-corrected chi connectivity index (χ4v) is 1.66. The maximum Gasteiger partial charge on any atom is 0.138 e. The molecule has 1 aromatic carbocycles. The molecule has 20 heavy (non-hydrogen) atoms. The zero-order valence-electron chi connectivity index (χ0n) is 11.8. The Morgan fingerprint density at radius 3 is 2.90 bits per heavy atom. The average Bonchev–Trinajstić information content (AvgIpc) is 2.41. The summed E-state index contributed by atoms with van der Waals surface area (Å²) in [6.07, 6.45) is -0.590. The average molecular weight is 300 g/mol. The topological polar surface area (TPSA) is 50.7 Å². The van der Waals surface area contributed by atoms with E-state index in [0.29, 0.717) is 37.1 Å². The Hall–Kier alpha value is -1.07. The summed E-state index contributed by atoms with van der Waals surface area (Å²) < 4.78 is 10.8. The first-order valence-electron chi connectivity index (χ1n) is 6.58. The summed E-state index contributed by atoms with van der Waals surface area (Å²) in [5.74, 6) is 0.581. The smallest absolute Gasteiger partial charge is 0.138 e. The first kappa shape index (κ1) is 17.0. The van der Waals surface area contributed by atoms with Crippen molar-refractivity contribution in [1.29, 1.82) is 0 Å². The highest BCUT2D eigenvalue weighted by Gasteiger charge is 2.06. The van der Waals surface area contributed by atoms with Crippen LogP contribution in [-0.4, -0.2) is 44.1 Å². The van der Waals surface area contributed by atoms with E-state index in [2.05, 4.69) is 11.9 Å². The molecule has 0 spiro atoms. The summed E-state index contributed by atoms with van der Waals surface area (Å²) in [5, 5.41) is 13.4. The second-order valence-corrected chi connectivity index (χ2v) is 5.02. The van der Waals surface area contributed by atoms with Crippen molar-refractivity contribution in [2.45, 2.75) is 13.0 Å². The molecule has 1 aromatic rings. The van der Waals surface area contributed by atoms with Gasteiger partial charge in [-0.1, -0.05) is 35.9 Å². The van der Waals surface area contributed by atoms with Crippen LogP contribution in [0.2, 0.25) is 5.02 Å². The number of hydrogen-bond acceptors (Lipinski definition) is 4. The van der Waals surface area contributed by atoms with Gasteiger partial charge in [-0.2, -0.15) is 0 Å². The van der Waals surface area contributed by atoms with Crippen LogP contribution in [-0.2, 0) is 4.74 Å². The summed E-state index contributed by atoms with van der Waals surface area (Å²) in [4.78, 5) is 0. The van der Waals surface area contributed by atoms with E-state index in [1.54, 1.807) is 12.1 Å². The van der Waals surface area contributed by atoms with Crippen molar-refractivity contribution in [3.05, 3.63) is 41.4 Å². The third-order valence-corrected chi connectivity index (χ3v) is 2.73. The van der Waals surface area contributed by atoms with Crippen molar-refractivity contribution in [3.8, 4) is 5.75 Å². The molecule has 1 rings (SSSR count). The fraction of sp³-hybridized carbons (Fsp3) is 0.467. The molecule has 0 saturated heterocycles. The Bertz CT molecular complexity index is 412. The summed E-state index contributed by atoms with van der Waals surface area (Å²) in [6, 6.07) is 7.19. The van der Waals surface area contributed by atoms with E-state index >= 15 is 0 Å². The highest BCUT2D eigenvalue weighted by Crippen LogP contribution is 2.22. The molecule has 0 aliphatic carbocycles. The number of nitrogens with one attached hydrogen (secondary N) is 1. The van der Waals surface area contributed by atoms with Gasteiger partial charge in [0.25, 0.3) is 0 Å². The van der Waals surface area contributed by atoms with Gasteiger partial charge in [0.15, 0.2) is 0 Å². The molecule has 5 heteroatoms. The van der Waals surface area contributed by atoms with E-state index in [0.717, 1.165) is 5.57 Å². The second-order valence-electron chi connectivity index (χ2n) is 4.61. The normalized spacial score (nSPS) is 12.2. The van der Waals surface area contributed by atoms with Crippen LogP contribution in [0.1, 0.15) is 6.92 Å². The molecule has 0 aliphatic rings. The Kier molecular flexibility index (Phi) is 8.30. The number of rotatable bonds is 10. The molecule has 0 heterocycles. The Balaban J connectivity index is 2.07. The van der Waals surface area contributed by atoms with Crippen LogP contribution in [0.25, 0.3) is 0 Å². The van der Waals surface area contributed by atoms with Crippen LogP contribution in [0.4, 0.5) is 0 Å². The first-order valence-corrected chi connectivity index (χ1v) is 6.95. The van der Waals surface area contributed by atoms with Crippen LogP contribution in [0.5, 0.6) is 5.75 Å². The lowest BCUT2D eigenvalue weighted by Gasteiger charge is -2.14. The Morgan fingerprint density at radius 2 is 2.20 bits per heavy atom. The quantitative estimate of drug-likeness (QED) is 0.514. The minimum atomic E-state index is -0.590. The lowest BCUT2D eigenvalue weighted by molar-refractivity contribution is 0.101. The Morgan fingerprint density at radius 1 is 1.45 bits per heavy atom. The van der Waals surface area contributed by atoms with Gasteiger partial charge in [0.05, 0.1) is 18.2 Å². The van der Waals surface area contributed by atoms with Crippen LogP contribution < -0.4 is 10.1 Å². The molecule has 0 aromatic heterocycles. The zero-order valence-corrected chi connectivity index (χ0v) is 12.5. The number of halogens is 1. The van der Waals surface area contributed by atoms with Crippen molar-refractivity contribution in [2.75, 3.05) is 32.9 Å². The fourth-order valence-electron chi connectivity index (χ4n) is 1.47. The predicted octanol–water partition coefficient (Wildman–Crippen LogP) is 2.26. The van der Waals surface area contributed by atoms with Crippen LogP contribution >= 0.6 is 11.6 Å². The second kappa shape index (κ2) is 9.77. The van der Waals surface area contributed by atoms with Crippen LogP contribution in [0, 0.1) is 0 Å². The van der Waals surface area contributed by atoms with Gasteiger partial charge in [-0.25, -0.2) is 0 Å². The lowest BCUT2D eigenvalue weighted by atomic mass is 10.3.